The van der Waals surface area contributed by atoms with E-state index in [-0.39, 0.29) is 23.7 Å². The smallest absolute Gasteiger partial charge is 0.344 e. The number of esters is 1. The van der Waals surface area contributed by atoms with Gasteiger partial charge in [0.2, 0.25) is 0 Å². The molecule has 0 radical (unpaired) electrons. The van der Waals surface area contributed by atoms with Gasteiger partial charge in [0.05, 0.1) is 44.5 Å². The molecule has 0 amide bonds. The van der Waals surface area contributed by atoms with Crippen molar-refractivity contribution in [2.24, 2.45) is 0 Å². The van der Waals surface area contributed by atoms with Gasteiger partial charge in [0.1, 0.15) is 5.75 Å². The van der Waals surface area contributed by atoms with Gasteiger partial charge in [-0.2, -0.15) is 5.26 Å². The first-order valence-corrected chi connectivity index (χ1v) is 8.95. The number of benzene rings is 2. The minimum atomic E-state index is -1.45. The van der Waals surface area contributed by atoms with Gasteiger partial charge in [0.15, 0.2) is 18.1 Å². The van der Waals surface area contributed by atoms with Gasteiger partial charge in [0.25, 0.3) is 0 Å². The summed E-state index contributed by atoms with van der Waals surface area (Å²) in [6, 6.07) is 9.75. The molecule has 0 saturated carbocycles. The number of carbonyl (C=O) groups excluding carboxylic acids is 2. The molecule has 0 bridgehead atoms. The van der Waals surface area contributed by atoms with Crippen molar-refractivity contribution in [1.29, 1.82) is 5.26 Å². The van der Waals surface area contributed by atoms with Crippen LogP contribution in [0.15, 0.2) is 36.4 Å². The van der Waals surface area contributed by atoms with Gasteiger partial charge in [-0.05, 0) is 37.3 Å². The highest BCUT2D eigenvalue weighted by atomic mass is 16.6. The highest BCUT2D eigenvalue weighted by Crippen LogP contribution is 2.40. The molecule has 9 heteroatoms. The summed E-state index contributed by atoms with van der Waals surface area (Å²) in [6.07, 6.45) is 0. The monoisotopic (exact) mass is 413 g/mol. The molecule has 2 aromatic carbocycles. The number of nitriles is 1. The minimum Gasteiger partial charge on any atom is -0.548 e. The lowest BCUT2D eigenvalue weighted by Crippen LogP contribution is -2.34. The first kappa shape index (κ1) is 22.4. The third-order valence-corrected chi connectivity index (χ3v) is 4.02. The maximum atomic E-state index is 12.0. The number of hydrogen-bond donors (Lipinski definition) is 1. The minimum absolute atomic E-state index is 0.0294. The van der Waals surface area contributed by atoms with E-state index in [9.17, 15) is 14.7 Å². The van der Waals surface area contributed by atoms with E-state index in [1.165, 1.54) is 26.4 Å². The Balaban J connectivity index is 2.47. The first-order chi connectivity index (χ1) is 14.4. The number of aliphatic carboxylic acids is 1. The van der Waals surface area contributed by atoms with E-state index in [0.717, 1.165) is 0 Å². The summed E-state index contributed by atoms with van der Waals surface area (Å²) in [6.45, 7) is 1.39. The van der Waals surface area contributed by atoms with Crippen molar-refractivity contribution in [2.75, 3.05) is 32.8 Å². The van der Waals surface area contributed by atoms with E-state index in [1.54, 1.807) is 31.2 Å². The van der Waals surface area contributed by atoms with Gasteiger partial charge >= 0.3 is 5.97 Å². The molecule has 1 atom stereocenters. The van der Waals surface area contributed by atoms with Gasteiger partial charge in [-0.1, -0.05) is 0 Å². The van der Waals surface area contributed by atoms with Crippen molar-refractivity contribution >= 4 is 17.6 Å². The normalized spacial score (nSPS) is 11.0. The molecule has 0 spiro atoms. The molecule has 1 unspecified atom stereocenters. The molecule has 0 aliphatic heterocycles. The second-order valence-electron chi connectivity index (χ2n) is 5.93. The quantitative estimate of drug-likeness (QED) is 0.575. The summed E-state index contributed by atoms with van der Waals surface area (Å²) in [4.78, 5) is 23.7. The predicted octanol–water partition coefficient (Wildman–Crippen LogP) is 1.42. The van der Waals surface area contributed by atoms with Gasteiger partial charge < -0.3 is 34.2 Å². The topological polar surface area (TPSA) is 130 Å². The molecule has 1 N–H and O–H groups in total. The molecule has 0 aliphatic carbocycles. The number of carbonyl (C=O) groups is 2. The molecule has 0 heterocycles. The fourth-order valence-corrected chi connectivity index (χ4v) is 2.64. The molecule has 158 valence electrons. The van der Waals surface area contributed by atoms with Crippen molar-refractivity contribution in [3.05, 3.63) is 47.5 Å². The van der Waals surface area contributed by atoms with E-state index in [0.29, 0.717) is 17.0 Å². The SMILES string of the molecule is CCOC(=O)COc1c(OC)cc(OC)cc1C(Nc1ccc(C#N)cc1)C(=O)[O-]. The number of nitrogens with one attached hydrogen (secondary N) is 1. The lowest BCUT2D eigenvalue weighted by molar-refractivity contribution is -0.307. The largest absolute Gasteiger partial charge is 0.548 e. The molecule has 0 fully saturated rings. The Kier molecular flexibility index (Phi) is 7.88. The molecule has 9 nitrogen and oxygen atoms in total. The summed E-state index contributed by atoms with van der Waals surface area (Å²) >= 11 is 0. The Morgan fingerprint density at radius 3 is 2.40 bits per heavy atom. The zero-order valence-corrected chi connectivity index (χ0v) is 16.8. The van der Waals surface area contributed by atoms with E-state index < -0.39 is 24.6 Å². The van der Waals surface area contributed by atoms with Crippen LogP contribution in [0.3, 0.4) is 0 Å². The van der Waals surface area contributed by atoms with Crippen molar-refractivity contribution in [1.82, 2.24) is 0 Å². The zero-order valence-electron chi connectivity index (χ0n) is 16.8. The maximum absolute atomic E-state index is 12.0. The molecule has 2 rings (SSSR count). The van der Waals surface area contributed by atoms with Crippen LogP contribution in [-0.4, -0.2) is 39.4 Å². The lowest BCUT2D eigenvalue weighted by Gasteiger charge is -2.25. The summed E-state index contributed by atoms with van der Waals surface area (Å²) in [7, 11) is 2.79. The molecule has 2 aromatic rings. The van der Waals surface area contributed by atoms with Crippen LogP contribution in [0.25, 0.3) is 0 Å². The predicted molar refractivity (Wildman–Crippen MR) is 104 cm³/mol. The summed E-state index contributed by atoms with van der Waals surface area (Å²) in [5, 5.41) is 23.7. The summed E-state index contributed by atoms with van der Waals surface area (Å²) in [5.41, 5.74) is 0.980. The Labute approximate surface area is 173 Å². The average molecular weight is 413 g/mol. The summed E-state index contributed by atoms with van der Waals surface area (Å²) in [5.74, 6) is -1.55. The number of carboxylic acid groups (broad SMARTS) is 1. The maximum Gasteiger partial charge on any atom is 0.344 e. The molecular weight excluding hydrogens is 392 g/mol. The molecular formula is C21H21N2O7-. The van der Waals surface area contributed by atoms with Crippen LogP contribution in [0.1, 0.15) is 24.1 Å². The molecule has 0 aliphatic rings. The molecule has 0 aromatic heterocycles. The van der Waals surface area contributed by atoms with Crippen molar-refractivity contribution in [2.45, 2.75) is 13.0 Å². The number of carboxylic acids is 1. The van der Waals surface area contributed by atoms with E-state index in [1.807, 2.05) is 6.07 Å². The Morgan fingerprint density at radius 1 is 1.17 bits per heavy atom. The second-order valence-corrected chi connectivity index (χ2v) is 5.93. The number of methoxy groups -OCH3 is 2. The first-order valence-electron chi connectivity index (χ1n) is 8.95. The van der Waals surface area contributed by atoms with Crippen LogP contribution in [0.2, 0.25) is 0 Å². The lowest BCUT2D eigenvalue weighted by atomic mass is 10.0. The second kappa shape index (κ2) is 10.6. The Morgan fingerprint density at radius 2 is 1.87 bits per heavy atom. The van der Waals surface area contributed by atoms with Crippen LogP contribution >= 0.6 is 0 Å². The zero-order chi connectivity index (χ0) is 22.1. The molecule has 30 heavy (non-hydrogen) atoms. The number of rotatable bonds is 10. The Hall–Kier alpha value is -3.93. The van der Waals surface area contributed by atoms with Gasteiger partial charge in [-0.25, -0.2) is 4.79 Å². The van der Waals surface area contributed by atoms with E-state index >= 15 is 0 Å². The van der Waals surface area contributed by atoms with Crippen molar-refractivity contribution in [3.63, 3.8) is 0 Å². The fourth-order valence-electron chi connectivity index (χ4n) is 2.64. The van der Waals surface area contributed by atoms with Crippen LogP contribution in [-0.2, 0) is 14.3 Å². The number of hydrogen-bond acceptors (Lipinski definition) is 9. The van der Waals surface area contributed by atoms with Crippen LogP contribution < -0.4 is 24.6 Å². The third-order valence-electron chi connectivity index (χ3n) is 4.02. The number of anilines is 1. The van der Waals surface area contributed by atoms with Crippen LogP contribution in [0, 0.1) is 11.3 Å². The number of ether oxygens (including phenoxy) is 4. The molecule has 0 saturated heterocycles. The van der Waals surface area contributed by atoms with Gasteiger partial charge in [-0.15, -0.1) is 0 Å². The Bertz CT molecular complexity index is 936. The standard InChI is InChI=1S/C21H22N2O7/c1-4-29-18(24)12-30-20-16(9-15(27-2)10-17(20)28-3)19(21(25)26)23-14-7-5-13(11-22)6-8-14/h5-10,19,23H,4,12H2,1-3H3,(H,25,26)/p-1. The average Bonchev–Trinajstić information content (AvgIpc) is 2.75. The number of nitrogens with zero attached hydrogens (tertiary/aromatic N) is 1. The van der Waals surface area contributed by atoms with E-state index in [4.69, 9.17) is 24.2 Å². The van der Waals surface area contributed by atoms with Crippen molar-refractivity contribution < 1.29 is 33.6 Å². The van der Waals surface area contributed by atoms with Crippen LogP contribution in [0.4, 0.5) is 5.69 Å². The summed E-state index contributed by atoms with van der Waals surface area (Å²) < 4.78 is 20.9. The van der Waals surface area contributed by atoms with Crippen molar-refractivity contribution in [3.8, 4) is 23.3 Å². The fraction of sp³-hybridized carbons (Fsp3) is 0.286. The van der Waals surface area contributed by atoms with Gasteiger partial charge in [-0.3, -0.25) is 0 Å². The van der Waals surface area contributed by atoms with Crippen LogP contribution in [0.5, 0.6) is 17.2 Å². The van der Waals surface area contributed by atoms with E-state index in [2.05, 4.69) is 5.32 Å². The highest BCUT2D eigenvalue weighted by molar-refractivity contribution is 5.80. The highest BCUT2D eigenvalue weighted by Gasteiger charge is 2.24. The van der Waals surface area contributed by atoms with Gasteiger partial charge in [0, 0.05) is 17.3 Å². The third kappa shape index (κ3) is 5.54.